The number of hydrogen-bond acceptors (Lipinski definition) is 4. The predicted octanol–water partition coefficient (Wildman–Crippen LogP) is 1.19. The third-order valence-corrected chi connectivity index (χ3v) is 5.38. The van der Waals surface area contributed by atoms with Gasteiger partial charge in [0.25, 0.3) is 0 Å². The zero-order valence-corrected chi connectivity index (χ0v) is 12.5. The zero-order valence-electron chi connectivity index (χ0n) is 11.6. The lowest BCUT2D eigenvalue weighted by molar-refractivity contribution is -0.142. The van der Waals surface area contributed by atoms with Gasteiger partial charge in [-0.05, 0) is 25.0 Å². The minimum absolute atomic E-state index is 0.0885. The third-order valence-electron chi connectivity index (χ3n) is 3.55. The largest absolute Gasteiger partial charge is 0.492 e. The number of nitrogens with zero attached hydrogens (tertiary/aromatic N) is 1. The molecule has 0 aromatic heterocycles. The number of rotatable bonds is 6. The van der Waals surface area contributed by atoms with E-state index < -0.39 is 21.9 Å². The molecule has 0 amide bonds. The van der Waals surface area contributed by atoms with Crippen molar-refractivity contribution in [3.8, 4) is 5.75 Å². The fraction of sp³-hybridized carbons (Fsp3) is 0.500. The predicted molar refractivity (Wildman–Crippen MR) is 77.7 cm³/mol. The highest BCUT2D eigenvalue weighted by Gasteiger charge is 2.30. The maximum Gasteiger partial charge on any atom is 0.306 e. The van der Waals surface area contributed by atoms with Crippen LogP contribution in [0, 0.1) is 5.92 Å². The van der Waals surface area contributed by atoms with Crippen LogP contribution < -0.4 is 4.74 Å². The normalized spacial score (nSPS) is 17.5. The summed E-state index contributed by atoms with van der Waals surface area (Å²) in [6, 6.07) is 9.03. The molecule has 7 heteroatoms. The summed E-state index contributed by atoms with van der Waals surface area (Å²) in [6.07, 6.45) is 0.738. The molecule has 1 heterocycles. The SMILES string of the molecule is O=C(O)C1CCN(S(=O)(=O)CCOc2ccccc2)CC1. The minimum atomic E-state index is -3.39. The van der Waals surface area contributed by atoms with Crippen LogP contribution in [-0.4, -0.2) is 49.2 Å². The number of para-hydroxylation sites is 1. The van der Waals surface area contributed by atoms with Crippen molar-refractivity contribution in [2.24, 2.45) is 5.92 Å². The molecule has 1 aromatic carbocycles. The Hall–Kier alpha value is -1.60. The van der Waals surface area contributed by atoms with E-state index in [4.69, 9.17) is 9.84 Å². The first-order valence-corrected chi connectivity index (χ1v) is 8.48. The summed E-state index contributed by atoms with van der Waals surface area (Å²) in [5.41, 5.74) is 0. The standard InChI is InChI=1S/C14H19NO5S/c16-14(17)12-6-8-15(9-7-12)21(18,19)11-10-20-13-4-2-1-3-5-13/h1-5,12H,6-11H2,(H,16,17). The zero-order chi connectivity index (χ0) is 15.3. The third kappa shape index (κ3) is 4.44. The van der Waals surface area contributed by atoms with E-state index in [-0.39, 0.29) is 25.4 Å². The molecule has 2 rings (SSSR count). The van der Waals surface area contributed by atoms with E-state index in [1.54, 1.807) is 12.1 Å². The van der Waals surface area contributed by atoms with E-state index in [0.29, 0.717) is 18.6 Å². The van der Waals surface area contributed by atoms with Gasteiger partial charge in [-0.25, -0.2) is 12.7 Å². The van der Waals surface area contributed by atoms with E-state index in [2.05, 4.69) is 0 Å². The number of hydrogen-bond donors (Lipinski definition) is 1. The van der Waals surface area contributed by atoms with Gasteiger partial charge >= 0.3 is 5.97 Å². The molecule has 1 N–H and O–H groups in total. The van der Waals surface area contributed by atoms with Gasteiger partial charge in [0.15, 0.2) is 0 Å². The highest BCUT2D eigenvalue weighted by molar-refractivity contribution is 7.89. The molecule has 21 heavy (non-hydrogen) atoms. The molecular formula is C14H19NO5S. The maximum absolute atomic E-state index is 12.2. The Kier molecular flexibility index (Phi) is 5.19. The van der Waals surface area contributed by atoms with Crippen LogP contribution in [0.3, 0.4) is 0 Å². The van der Waals surface area contributed by atoms with Gasteiger partial charge in [0.2, 0.25) is 10.0 Å². The fourth-order valence-corrected chi connectivity index (χ4v) is 3.61. The highest BCUT2D eigenvalue weighted by Crippen LogP contribution is 2.20. The molecule has 0 aliphatic carbocycles. The number of ether oxygens (including phenoxy) is 1. The van der Waals surface area contributed by atoms with Crippen molar-refractivity contribution >= 4 is 16.0 Å². The van der Waals surface area contributed by atoms with Gasteiger partial charge in [-0.15, -0.1) is 0 Å². The van der Waals surface area contributed by atoms with Gasteiger partial charge in [-0.3, -0.25) is 4.79 Å². The molecule has 0 spiro atoms. The Morgan fingerprint density at radius 2 is 1.86 bits per heavy atom. The van der Waals surface area contributed by atoms with Gasteiger partial charge < -0.3 is 9.84 Å². The van der Waals surface area contributed by atoms with Crippen LogP contribution in [0.25, 0.3) is 0 Å². The number of carboxylic acid groups (broad SMARTS) is 1. The lowest BCUT2D eigenvalue weighted by atomic mass is 9.99. The Bertz CT molecular complexity index is 564. The lowest BCUT2D eigenvalue weighted by Crippen LogP contribution is -2.42. The summed E-state index contributed by atoms with van der Waals surface area (Å²) >= 11 is 0. The number of aliphatic carboxylic acids is 1. The molecule has 1 fully saturated rings. The Morgan fingerprint density at radius 1 is 1.24 bits per heavy atom. The van der Waals surface area contributed by atoms with Crippen molar-refractivity contribution in [1.29, 1.82) is 0 Å². The van der Waals surface area contributed by atoms with Crippen molar-refractivity contribution in [3.05, 3.63) is 30.3 Å². The molecule has 1 aromatic rings. The van der Waals surface area contributed by atoms with Crippen molar-refractivity contribution in [1.82, 2.24) is 4.31 Å². The summed E-state index contributed by atoms with van der Waals surface area (Å²) in [4.78, 5) is 10.9. The summed E-state index contributed by atoms with van der Waals surface area (Å²) in [7, 11) is -3.39. The van der Waals surface area contributed by atoms with Crippen LogP contribution >= 0.6 is 0 Å². The van der Waals surface area contributed by atoms with Crippen LogP contribution in [0.15, 0.2) is 30.3 Å². The van der Waals surface area contributed by atoms with Gasteiger partial charge in [-0.2, -0.15) is 0 Å². The second-order valence-electron chi connectivity index (χ2n) is 4.99. The van der Waals surface area contributed by atoms with Gasteiger partial charge in [0, 0.05) is 13.1 Å². The van der Waals surface area contributed by atoms with Crippen LogP contribution in [-0.2, 0) is 14.8 Å². The van der Waals surface area contributed by atoms with Crippen LogP contribution in [0.4, 0.5) is 0 Å². The second-order valence-corrected chi connectivity index (χ2v) is 7.08. The van der Waals surface area contributed by atoms with Crippen molar-refractivity contribution in [2.75, 3.05) is 25.4 Å². The maximum atomic E-state index is 12.2. The quantitative estimate of drug-likeness (QED) is 0.853. The topological polar surface area (TPSA) is 83.9 Å². The van der Waals surface area contributed by atoms with Gasteiger partial charge in [-0.1, -0.05) is 18.2 Å². The molecule has 0 bridgehead atoms. The molecule has 0 unspecified atom stereocenters. The molecule has 0 saturated carbocycles. The number of benzene rings is 1. The van der Waals surface area contributed by atoms with E-state index in [0.717, 1.165) is 0 Å². The molecule has 1 aliphatic rings. The minimum Gasteiger partial charge on any atom is -0.492 e. The number of carbonyl (C=O) groups is 1. The second kappa shape index (κ2) is 6.91. The fourth-order valence-electron chi connectivity index (χ4n) is 2.29. The summed E-state index contributed by atoms with van der Waals surface area (Å²) < 4.78 is 31.1. The number of carboxylic acids is 1. The molecule has 1 saturated heterocycles. The molecule has 0 atom stereocenters. The smallest absolute Gasteiger partial charge is 0.306 e. The van der Waals surface area contributed by atoms with Crippen molar-refractivity contribution in [3.63, 3.8) is 0 Å². The van der Waals surface area contributed by atoms with Crippen LogP contribution in [0.1, 0.15) is 12.8 Å². The Labute approximate surface area is 124 Å². The first-order chi connectivity index (χ1) is 9.99. The van der Waals surface area contributed by atoms with Crippen LogP contribution in [0.2, 0.25) is 0 Å². The molecular weight excluding hydrogens is 294 g/mol. The first-order valence-electron chi connectivity index (χ1n) is 6.87. The molecule has 0 radical (unpaired) electrons. The van der Waals surface area contributed by atoms with Crippen LogP contribution in [0.5, 0.6) is 5.75 Å². The van der Waals surface area contributed by atoms with Gasteiger partial charge in [0.05, 0.1) is 11.7 Å². The molecule has 6 nitrogen and oxygen atoms in total. The summed E-state index contributed by atoms with van der Waals surface area (Å²) in [6.45, 7) is 0.625. The van der Waals surface area contributed by atoms with E-state index in [1.807, 2.05) is 18.2 Å². The average Bonchev–Trinajstić information content (AvgIpc) is 2.48. The first kappa shape index (κ1) is 15.8. The average molecular weight is 313 g/mol. The summed E-state index contributed by atoms with van der Waals surface area (Å²) in [5, 5.41) is 8.91. The molecule has 116 valence electrons. The van der Waals surface area contributed by atoms with E-state index >= 15 is 0 Å². The Morgan fingerprint density at radius 3 is 2.43 bits per heavy atom. The number of piperidine rings is 1. The van der Waals surface area contributed by atoms with Crippen molar-refractivity contribution in [2.45, 2.75) is 12.8 Å². The summed E-state index contributed by atoms with van der Waals surface area (Å²) in [5.74, 6) is -0.742. The highest BCUT2D eigenvalue weighted by atomic mass is 32.2. The van der Waals surface area contributed by atoms with Crippen molar-refractivity contribution < 1.29 is 23.1 Å². The number of sulfonamides is 1. The Balaban J connectivity index is 1.81. The lowest BCUT2D eigenvalue weighted by Gasteiger charge is -2.29. The molecule has 1 aliphatic heterocycles. The van der Waals surface area contributed by atoms with Gasteiger partial charge in [0.1, 0.15) is 12.4 Å². The van der Waals surface area contributed by atoms with E-state index in [9.17, 15) is 13.2 Å². The van der Waals surface area contributed by atoms with E-state index in [1.165, 1.54) is 4.31 Å². The monoisotopic (exact) mass is 313 g/mol.